The fraction of sp³-hybridized carbons (Fsp3) is 0.286. The monoisotopic (exact) mass is 278 g/mol. The molecule has 0 aliphatic carbocycles. The molecule has 1 N–H and O–H groups in total. The van der Waals surface area contributed by atoms with Crippen molar-refractivity contribution in [1.82, 2.24) is 10.3 Å². The van der Waals surface area contributed by atoms with E-state index in [0.29, 0.717) is 17.4 Å². The second-order valence-electron chi connectivity index (χ2n) is 4.28. The van der Waals surface area contributed by atoms with Crippen LogP contribution in [0.4, 0.5) is 4.39 Å². The minimum Gasteiger partial charge on any atom is -0.496 e. The molecule has 0 atom stereocenters. The average Bonchev–Trinajstić information content (AvgIpc) is 2.75. The van der Waals surface area contributed by atoms with Crippen molar-refractivity contribution < 1.29 is 18.3 Å². The molecule has 0 aliphatic heterocycles. The van der Waals surface area contributed by atoms with Crippen LogP contribution in [0.2, 0.25) is 0 Å². The summed E-state index contributed by atoms with van der Waals surface area (Å²) in [5, 5.41) is 2.62. The number of aryl methyl sites for hydroxylation is 2. The van der Waals surface area contributed by atoms with Crippen LogP contribution in [0.1, 0.15) is 27.7 Å². The van der Waals surface area contributed by atoms with E-state index >= 15 is 0 Å². The number of carbonyl (C=O) groups is 1. The Morgan fingerprint density at radius 3 is 2.80 bits per heavy atom. The smallest absolute Gasteiger partial charge is 0.255 e. The Kier molecular flexibility index (Phi) is 4.02. The molecule has 0 radical (unpaired) electrons. The highest BCUT2D eigenvalue weighted by molar-refractivity contribution is 5.96. The molecule has 2 rings (SSSR count). The van der Waals surface area contributed by atoms with Gasteiger partial charge in [0.15, 0.2) is 0 Å². The van der Waals surface area contributed by atoms with Gasteiger partial charge in [0.25, 0.3) is 5.91 Å². The molecule has 1 aromatic carbocycles. The Morgan fingerprint density at radius 1 is 1.45 bits per heavy atom. The molecule has 0 fully saturated rings. The Balaban J connectivity index is 2.10. The number of amides is 1. The van der Waals surface area contributed by atoms with E-state index in [1.165, 1.54) is 19.2 Å². The second-order valence-corrected chi connectivity index (χ2v) is 4.28. The van der Waals surface area contributed by atoms with E-state index in [1.54, 1.807) is 6.92 Å². The van der Waals surface area contributed by atoms with Crippen LogP contribution in [-0.2, 0) is 6.54 Å². The molecule has 1 amide bonds. The molecule has 5 nitrogen and oxygen atoms in total. The van der Waals surface area contributed by atoms with Gasteiger partial charge < -0.3 is 14.5 Å². The van der Waals surface area contributed by atoms with Crippen molar-refractivity contribution in [3.63, 3.8) is 0 Å². The van der Waals surface area contributed by atoms with Crippen molar-refractivity contribution in [3.8, 4) is 5.75 Å². The third-order valence-electron chi connectivity index (χ3n) is 2.88. The van der Waals surface area contributed by atoms with Crippen molar-refractivity contribution >= 4 is 5.91 Å². The van der Waals surface area contributed by atoms with Gasteiger partial charge in [-0.15, -0.1) is 0 Å². The first kappa shape index (κ1) is 14.0. The number of nitrogens with one attached hydrogen (secondary N) is 1. The topological polar surface area (TPSA) is 64.4 Å². The number of ether oxygens (including phenoxy) is 1. The Morgan fingerprint density at radius 2 is 2.20 bits per heavy atom. The van der Waals surface area contributed by atoms with Crippen LogP contribution in [0.25, 0.3) is 0 Å². The molecule has 1 heterocycles. The lowest BCUT2D eigenvalue weighted by Crippen LogP contribution is -2.23. The molecule has 0 saturated carbocycles. The summed E-state index contributed by atoms with van der Waals surface area (Å²) in [5.74, 6) is 0.471. The summed E-state index contributed by atoms with van der Waals surface area (Å²) in [6, 6.07) is 3.76. The molecular weight excluding hydrogens is 263 g/mol. The van der Waals surface area contributed by atoms with E-state index in [-0.39, 0.29) is 12.1 Å². The number of rotatable bonds is 4. The first-order valence-corrected chi connectivity index (χ1v) is 6.06. The second kappa shape index (κ2) is 5.73. The summed E-state index contributed by atoms with van der Waals surface area (Å²) in [6.45, 7) is 3.75. The molecule has 1 aromatic heterocycles. The lowest BCUT2D eigenvalue weighted by atomic mass is 10.2. The van der Waals surface area contributed by atoms with Gasteiger partial charge in [0.1, 0.15) is 17.3 Å². The standard InChI is InChI=1S/C14H15FN2O3/c1-8-9(2)20-13(17-8)7-16-14(18)11-6-10(15)4-5-12(11)19-3/h4-6H,7H2,1-3H3,(H,16,18). The van der Waals surface area contributed by atoms with Crippen LogP contribution >= 0.6 is 0 Å². The number of carbonyl (C=O) groups excluding carboxylic acids is 1. The predicted octanol–water partition coefficient (Wildman–Crippen LogP) is 2.37. The maximum atomic E-state index is 13.2. The van der Waals surface area contributed by atoms with Gasteiger partial charge in [-0.1, -0.05) is 0 Å². The quantitative estimate of drug-likeness (QED) is 0.932. The van der Waals surface area contributed by atoms with Crippen molar-refractivity contribution in [1.29, 1.82) is 0 Å². The molecule has 0 unspecified atom stereocenters. The first-order chi connectivity index (χ1) is 9.51. The van der Waals surface area contributed by atoms with Gasteiger partial charge in [-0.25, -0.2) is 9.37 Å². The lowest BCUT2D eigenvalue weighted by molar-refractivity contribution is 0.0943. The van der Waals surface area contributed by atoms with Crippen LogP contribution in [0.15, 0.2) is 22.6 Å². The summed E-state index contributed by atoms with van der Waals surface area (Å²) < 4.78 is 23.6. The number of benzene rings is 1. The van der Waals surface area contributed by atoms with Crippen molar-refractivity contribution in [2.24, 2.45) is 0 Å². The summed E-state index contributed by atoms with van der Waals surface area (Å²) in [7, 11) is 1.42. The summed E-state index contributed by atoms with van der Waals surface area (Å²) in [4.78, 5) is 16.2. The zero-order chi connectivity index (χ0) is 14.7. The van der Waals surface area contributed by atoms with Crippen molar-refractivity contribution in [2.75, 3.05) is 7.11 Å². The average molecular weight is 278 g/mol. The van der Waals surface area contributed by atoms with Crippen molar-refractivity contribution in [2.45, 2.75) is 20.4 Å². The van der Waals surface area contributed by atoms with Gasteiger partial charge >= 0.3 is 0 Å². The van der Waals surface area contributed by atoms with Crippen LogP contribution < -0.4 is 10.1 Å². The SMILES string of the molecule is COc1ccc(F)cc1C(=O)NCc1nc(C)c(C)o1. The highest BCUT2D eigenvalue weighted by atomic mass is 19.1. The van der Waals surface area contributed by atoms with E-state index in [0.717, 1.165) is 11.8 Å². The summed E-state index contributed by atoms with van der Waals surface area (Å²) >= 11 is 0. The van der Waals surface area contributed by atoms with Gasteiger partial charge in [0.05, 0.1) is 24.9 Å². The lowest BCUT2D eigenvalue weighted by Gasteiger charge is -2.08. The molecule has 0 aliphatic rings. The normalized spacial score (nSPS) is 10.4. The molecule has 6 heteroatoms. The van der Waals surface area contributed by atoms with Gasteiger partial charge in [-0.3, -0.25) is 4.79 Å². The van der Waals surface area contributed by atoms with E-state index in [1.807, 2.05) is 6.92 Å². The van der Waals surface area contributed by atoms with Crippen LogP contribution in [-0.4, -0.2) is 18.0 Å². The molecule has 0 spiro atoms. The Hall–Kier alpha value is -2.37. The number of halogens is 1. The number of nitrogens with zero attached hydrogens (tertiary/aromatic N) is 1. The summed E-state index contributed by atoms with van der Waals surface area (Å²) in [5.41, 5.74) is 0.907. The Bertz CT molecular complexity index is 618. The molecule has 2 aromatic rings. The fourth-order valence-corrected chi connectivity index (χ4v) is 1.72. The number of methoxy groups -OCH3 is 1. The predicted molar refractivity (Wildman–Crippen MR) is 70.1 cm³/mol. The number of hydrogen-bond acceptors (Lipinski definition) is 4. The van der Waals surface area contributed by atoms with E-state index < -0.39 is 11.7 Å². The molecule has 106 valence electrons. The number of oxazole rings is 1. The maximum Gasteiger partial charge on any atom is 0.255 e. The van der Waals surface area contributed by atoms with Crippen LogP contribution in [0.3, 0.4) is 0 Å². The fourth-order valence-electron chi connectivity index (χ4n) is 1.72. The largest absolute Gasteiger partial charge is 0.496 e. The molecule has 0 saturated heterocycles. The highest BCUT2D eigenvalue weighted by Gasteiger charge is 2.14. The first-order valence-electron chi connectivity index (χ1n) is 6.06. The number of aromatic nitrogens is 1. The van der Waals surface area contributed by atoms with Gasteiger partial charge in [-0.2, -0.15) is 0 Å². The minimum absolute atomic E-state index is 0.132. The zero-order valence-corrected chi connectivity index (χ0v) is 11.5. The Labute approximate surface area is 115 Å². The van der Waals surface area contributed by atoms with E-state index in [9.17, 15) is 9.18 Å². The molecule has 0 bridgehead atoms. The van der Waals surface area contributed by atoms with Gasteiger partial charge in [-0.05, 0) is 32.0 Å². The summed E-state index contributed by atoms with van der Waals surface area (Å²) in [6.07, 6.45) is 0. The molecule has 20 heavy (non-hydrogen) atoms. The minimum atomic E-state index is -0.501. The van der Waals surface area contributed by atoms with Crippen molar-refractivity contribution in [3.05, 3.63) is 46.9 Å². The van der Waals surface area contributed by atoms with E-state index in [2.05, 4.69) is 10.3 Å². The zero-order valence-electron chi connectivity index (χ0n) is 11.5. The van der Waals surface area contributed by atoms with Gasteiger partial charge in [0.2, 0.25) is 5.89 Å². The maximum absolute atomic E-state index is 13.2. The van der Waals surface area contributed by atoms with Gasteiger partial charge in [0, 0.05) is 0 Å². The molecular formula is C14H15FN2O3. The highest BCUT2D eigenvalue weighted by Crippen LogP contribution is 2.19. The van der Waals surface area contributed by atoms with Crippen LogP contribution in [0, 0.1) is 19.7 Å². The third-order valence-corrected chi connectivity index (χ3v) is 2.88. The van der Waals surface area contributed by atoms with Crippen LogP contribution in [0.5, 0.6) is 5.75 Å². The third kappa shape index (κ3) is 2.96. The van der Waals surface area contributed by atoms with E-state index in [4.69, 9.17) is 9.15 Å². The number of hydrogen-bond donors (Lipinski definition) is 1.